The van der Waals surface area contributed by atoms with Crippen molar-refractivity contribution in [2.45, 2.75) is 73.9 Å². The Bertz CT molecular complexity index is 6180. The first-order valence-corrected chi connectivity index (χ1v) is 32.7. The molecule has 7 nitrogen and oxygen atoms in total. The Morgan fingerprint density at radius 1 is 0.304 bits per heavy atom. The lowest BCUT2D eigenvalue weighted by Crippen LogP contribution is -2.17. The lowest BCUT2D eigenvalue weighted by atomic mass is 9.95. The number of halogens is 9. The summed E-state index contributed by atoms with van der Waals surface area (Å²) in [4.78, 5) is 6.67. The van der Waals surface area contributed by atoms with E-state index in [-0.39, 0.29) is 39.4 Å². The number of fused-ring (bicyclic) bond motifs is 12. The van der Waals surface area contributed by atoms with Crippen LogP contribution in [0.5, 0.6) is 0 Å². The zero-order valence-corrected chi connectivity index (χ0v) is 56.2. The SMILES string of the molecule is [C-]#[N+]c1cc(-c2ccc(-n3c4ccc(C)cc4c4cc(C)ccc43)c(C#N)c2-n2c3ccc(C)cc3c3cc(C)ccc32)cc(C(F)(F)F)c1.[C-]#[N+]c1cc(-c2ccc(-n3c4ccc(C)cc4c4cc(C)ccc43)c(C(F)(F)F)c2-n2c3ccc(C)cc3c3cc(C)ccc32)cc(C(F)(F)F)c1. The zero-order chi connectivity index (χ0) is 71.9. The molecule has 12 aromatic carbocycles. The van der Waals surface area contributed by atoms with Gasteiger partial charge in [0.15, 0.2) is 11.4 Å². The molecule has 0 spiro atoms. The van der Waals surface area contributed by atoms with Gasteiger partial charge in [0.1, 0.15) is 17.2 Å². The summed E-state index contributed by atoms with van der Waals surface area (Å²) in [6.45, 7) is 31.0. The van der Waals surface area contributed by atoms with Crippen molar-refractivity contribution in [1.29, 1.82) is 5.26 Å². The smallest absolute Gasteiger partial charge is 0.309 e. The van der Waals surface area contributed by atoms with Crippen LogP contribution in [-0.2, 0) is 18.5 Å². The fraction of sp³-hybridized carbons (Fsp3) is 0.128. The Morgan fingerprint density at radius 2 is 0.569 bits per heavy atom. The monoisotopic (exact) mass is 1360 g/mol. The number of aromatic nitrogens is 4. The second kappa shape index (κ2) is 24.0. The van der Waals surface area contributed by atoms with E-state index in [9.17, 15) is 31.6 Å². The van der Waals surface area contributed by atoms with E-state index in [2.05, 4.69) is 56.7 Å². The summed E-state index contributed by atoms with van der Waals surface area (Å²) in [5.41, 5.74) is 11.1. The van der Waals surface area contributed by atoms with Crippen LogP contribution in [0.2, 0.25) is 0 Å². The van der Waals surface area contributed by atoms with E-state index < -0.39 is 35.2 Å². The number of nitrogens with zero attached hydrogens (tertiary/aromatic N) is 7. The molecule has 0 N–H and O–H groups in total. The molecule has 16 rings (SSSR count). The molecule has 0 saturated carbocycles. The molecule has 0 aliphatic rings. The maximum absolute atomic E-state index is 16.2. The third-order valence-corrected chi connectivity index (χ3v) is 19.3. The number of aryl methyl sites for hydroxylation is 8. The maximum Gasteiger partial charge on any atom is 0.420 e. The lowest BCUT2D eigenvalue weighted by Gasteiger charge is -2.25. The highest BCUT2D eigenvalue weighted by Crippen LogP contribution is 2.51. The van der Waals surface area contributed by atoms with Gasteiger partial charge in [0.25, 0.3) is 0 Å². The van der Waals surface area contributed by atoms with E-state index in [1.165, 1.54) is 28.8 Å². The Balaban J connectivity index is 0.000000165. The molecule has 0 amide bonds. The first kappa shape index (κ1) is 65.6. The molecule has 4 heterocycles. The first-order valence-electron chi connectivity index (χ1n) is 32.7. The average Bonchev–Trinajstić information content (AvgIpc) is 1.51. The number of hydrogen-bond acceptors (Lipinski definition) is 1. The summed E-state index contributed by atoms with van der Waals surface area (Å²) in [5.74, 6) is 0. The van der Waals surface area contributed by atoms with Gasteiger partial charge in [0.2, 0.25) is 0 Å². The Hall–Kier alpha value is -12.3. The molecule has 102 heavy (non-hydrogen) atoms. The van der Waals surface area contributed by atoms with Crippen LogP contribution in [0.1, 0.15) is 66.8 Å². The average molecular weight is 1360 g/mol. The van der Waals surface area contributed by atoms with Crippen LogP contribution in [0.3, 0.4) is 0 Å². The van der Waals surface area contributed by atoms with Gasteiger partial charge >= 0.3 is 18.5 Å². The summed E-state index contributed by atoms with van der Waals surface area (Å²) in [6.07, 6.45) is -14.5. The lowest BCUT2D eigenvalue weighted by molar-refractivity contribution is -0.138. The van der Waals surface area contributed by atoms with Gasteiger partial charge in [-0.3, -0.25) is 0 Å². The molecule has 16 aromatic rings. The number of benzene rings is 12. The molecule has 0 aliphatic carbocycles. The van der Waals surface area contributed by atoms with Crippen LogP contribution in [0.15, 0.2) is 206 Å². The van der Waals surface area contributed by atoms with E-state index in [0.717, 1.165) is 117 Å². The van der Waals surface area contributed by atoms with Gasteiger partial charge < -0.3 is 18.3 Å². The molecule has 0 radical (unpaired) electrons. The van der Waals surface area contributed by atoms with Gasteiger partial charge in [-0.1, -0.05) is 105 Å². The van der Waals surface area contributed by atoms with Crippen molar-refractivity contribution in [3.05, 3.63) is 296 Å². The Morgan fingerprint density at radius 3 is 0.843 bits per heavy atom. The standard InChI is InChI=1S/C43H29F6N3.C43H29F3N4/c1-23-6-11-35-31(16-23)32-17-24(2)7-12-36(32)51(35)39-15-10-30(27-20-28(42(44,45)46)22-29(21-27)50-5)41(40(39)43(47,48)49)52-37-13-8-25(3)18-33(37)34-19-26(4)9-14-38(34)52;1-24-6-11-37-32(16-24)33-17-25(2)7-12-38(33)49(37)41-15-10-31(28-20-29(43(44,45)46)22-30(21-28)48-5)42(36(41)23-47)50-39-13-8-26(3)18-34(39)35-19-27(4)9-14-40(35)50/h6-22H,1-4H3;6-22H,1-4H3. The minimum absolute atomic E-state index is 0.0977. The summed E-state index contributed by atoms with van der Waals surface area (Å²) in [7, 11) is 0. The summed E-state index contributed by atoms with van der Waals surface area (Å²) < 4.78 is 141. The summed E-state index contributed by atoms with van der Waals surface area (Å²) >= 11 is 0. The topological polar surface area (TPSA) is 52.2 Å². The van der Waals surface area contributed by atoms with Crippen molar-refractivity contribution in [3.8, 4) is 51.1 Å². The zero-order valence-electron chi connectivity index (χ0n) is 56.2. The molecule has 0 bridgehead atoms. The predicted octanol–water partition coefficient (Wildman–Crippen LogP) is 25.6. The predicted molar refractivity (Wildman–Crippen MR) is 391 cm³/mol. The van der Waals surface area contributed by atoms with Crippen LogP contribution in [0.25, 0.3) is 142 Å². The van der Waals surface area contributed by atoms with E-state index >= 15 is 13.2 Å². The number of hydrogen-bond donors (Lipinski definition) is 0. The molecule has 4 aromatic heterocycles. The molecule has 0 saturated heterocycles. The maximum atomic E-state index is 16.2. The van der Waals surface area contributed by atoms with Crippen LogP contribution in [0.4, 0.5) is 50.9 Å². The van der Waals surface area contributed by atoms with Gasteiger partial charge in [-0.2, -0.15) is 44.8 Å². The van der Waals surface area contributed by atoms with Gasteiger partial charge in [-0.05, 0) is 212 Å². The number of nitriles is 1. The Labute approximate surface area is 579 Å². The molecular weight excluding hydrogens is 1300 g/mol. The van der Waals surface area contributed by atoms with E-state index in [1.54, 1.807) is 47.0 Å². The fourth-order valence-electron chi connectivity index (χ4n) is 14.8. The quantitative estimate of drug-likeness (QED) is 0.121. The molecule has 0 fully saturated rings. The third kappa shape index (κ3) is 10.9. The number of rotatable bonds is 6. The van der Waals surface area contributed by atoms with Gasteiger partial charge in [0.05, 0.1) is 80.0 Å². The largest absolute Gasteiger partial charge is 0.420 e. The highest BCUT2D eigenvalue weighted by Gasteiger charge is 2.41. The second-order valence-corrected chi connectivity index (χ2v) is 26.6. The minimum Gasteiger partial charge on any atom is -0.309 e. The number of alkyl halides is 9. The van der Waals surface area contributed by atoms with Crippen molar-refractivity contribution in [2.75, 3.05) is 0 Å². The van der Waals surface area contributed by atoms with Crippen molar-refractivity contribution < 1.29 is 39.5 Å². The molecule has 0 atom stereocenters. The molecule has 0 aliphatic heterocycles. The van der Waals surface area contributed by atoms with E-state index in [0.29, 0.717) is 61.4 Å². The van der Waals surface area contributed by atoms with Crippen LogP contribution in [0, 0.1) is 79.9 Å². The second-order valence-electron chi connectivity index (χ2n) is 26.6. The van der Waals surface area contributed by atoms with Gasteiger partial charge in [0, 0.05) is 65.3 Å². The van der Waals surface area contributed by atoms with E-state index in [1.807, 2.05) is 139 Å². The van der Waals surface area contributed by atoms with Crippen LogP contribution in [-0.4, -0.2) is 18.3 Å². The third-order valence-electron chi connectivity index (χ3n) is 19.3. The van der Waals surface area contributed by atoms with Crippen molar-refractivity contribution in [3.63, 3.8) is 0 Å². The molecule has 0 unspecified atom stereocenters. The molecular formula is C86H58F9N7. The van der Waals surface area contributed by atoms with Gasteiger partial charge in [-0.15, -0.1) is 0 Å². The molecule has 16 heteroatoms. The highest BCUT2D eigenvalue weighted by atomic mass is 19.4. The van der Waals surface area contributed by atoms with Crippen LogP contribution < -0.4 is 0 Å². The van der Waals surface area contributed by atoms with Crippen molar-refractivity contribution >= 4 is 98.6 Å². The van der Waals surface area contributed by atoms with E-state index in [4.69, 9.17) is 13.1 Å². The van der Waals surface area contributed by atoms with Crippen LogP contribution >= 0.6 is 0 Å². The fourth-order valence-corrected chi connectivity index (χ4v) is 14.8. The van der Waals surface area contributed by atoms with Gasteiger partial charge in [-0.25, -0.2) is 9.69 Å². The summed E-state index contributed by atoms with van der Waals surface area (Å²) in [5, 5.41) is 18.2. The summed E-state index contributed by atoms with van der Waals surface area (Å²) in [6, 6.07) is 61.8. The normalized spacial score (nSPS) is 12.1. The first-order chi connectivity index (χ1) is 48.6. The van der Waals surface area contributed by atoms with Crippen molar-refractivity contribution in [2.24, 2.45) is 0 Å². The molecule has 500 valence electrons. The highest BCUT2D eigenvalue weighted by molar-refractivity contribution is 6.14. The minimum atomic E-state index is -5.00. The Kier molecular flexibility index (Phi) is 15.4. The van der Waals surface area contributed by atoms with Crippen molar-refractivity contribution in [1.82, 2.24) is 18.3 Å².